The van der Waals surface area contributed by atoms with Crippen molar-refractivity contribution in [3.8, 4) is 0 Å². The Labute approximate surface area is 194 Å². The molecule has 0 bridgehead atoms. The first kappa shape index (κ1) is 21.4. The molecule has 1 aliphatic heterocycles. The highest BCUT2D eigenvalue weighted by Crippen LogP contribution is 2.28. The largest absolute Gasteiger partial charge is 0.353 e. The van der Waals surface area contributed by atoms with Gasteiger partial charge < -0.3 is 10.6 Å². The van der Waals surface area contributed by atoms with Crippen molar-refractivity contribution in [2.75, 3.05) is 13.1 Å². The monoisotopic (exact) mass is 439 g/mol. The molecule has 1 atom stereocenters. The third-order valence-electron chi connectivity index (χ3n) is 6.82. The van der Waals surface area contributed by atoms with E-state index in [0.29, 0.717) is 6.54 Å². The molecule has 0 saturated carbocycles. The number of amides is 2. The highest BCUT2D eigenvalue weighted by Gasteiger charge is 2.38. The lowest BCUT2D eigenvalue weighted by molar-refractivity contribution is -0.135. The molecular weight excluding hydrogens is 410 g/mol. The molecule has 1 unspecified atom stereocenters. The Morgan fingerprint density at radius 1 is 0.879 bits per heavy atom. The molecule has 1 heterocycles. The second-order valence-electron chi connectivity index (χ2n) is 8.90. The predicted octanol–water partition coefficient (Wildman–Crippen LogP) is 3.25. The predicted molar refractivity (Wildman–Crippen MR) is 129 cm³/mol. The standard InChI is InChI=1S/C28H29N3O2/c32-26(30-27(20-9-3-1-4-10-20)21-11-5-2-6-12-21)19-25-28(33)29-15-16-31(25)24-17-22-13-7-8-14-23(22)18-24/h1-14,24-25,27H,15-19H2,(H,29,33)(H,30,32). The molecule has 1 aliphatic carbocycles. The van der Waals surface area contributed by atoms with Crippen LogP contribution in [0.2, 0.25) is 0 Å². The number of fused-ring (bicyclic) bond motifs is 1. The molecule has 2 N–H and O–H groups in total. The van der Waals surface area contributed by atoms with Gasteiger partial charge in [0.05, 0.1) is 18.5 Å². The molecule has 1 saturated heterocycles. The zero-order chi connectivity index (χ0) is 22.6. The minimum atomic E-state index is -0.453. The van der Waals surface area contributed by atoms with Crippen LogP contribution < -0.4 is 10.6 Å². The topological polar surface area (TPSA) is 61.4 Å². The van der Waals surface area contributed by atoms with Crippen molar-refractivity contribution in [1.29, 1.82) is 0 Å². The van der Waals surface area contributed by atoms with Gasteiger partial charge in [-0.25, -0.2) is 0 Å². The van der Waals surface area contributed by atoms with Gasteiger partial charge in [-0.05, 0) is 35.1 Å². The molecular formula is C28H29N3O2. The summed E-state index contributed by atoms with van der Waals surface area (Å²) >= 11 is 0. The number of carbonyl (C=O) groups is 2. The number of carbonyl (C=O) groups excluding carboxylic acids is 2. The van der Waals surface area contributed by atoms with Crippen molar-refractivity contribution in [1.82, 2.24) is 15.5 Å². The minimum absolute atomic E-state index is 0.0525. The summed E-state index contributed by atoms with van der Waals surface area (Å²) in [5.74, 6) is -0.168. The summed E-state index contributed by atoms with van der Waals surface area (Å²) in [7, 11) is 0. The summed E-state index contributed by atoms with van der Waals surface area (Å²) in [5, 5.41) is 6.17. The molecule has 2 aliphatic rings. The highest BCUT2D eigenvalue weighted by atomic mass is 16.2. The number of nitrogens with zero attached hydrogens (tertiary/aromatic N) is 1. The lowest BCUT2D eigenvalue weighted by Crippen LogP contribution is -2.59. The second kappa shape index (κ2) is 9.59. The number of hydrogen-bond donors (Lipinski definition) is 2. The molecule has 5 rings (SSSR count). The van der Waals surface area contributed by atoms with Gasteiger partial charge in [0.25, 0.3) is 0 Å². The molecule has 0 radical (unpaired) electrons. The van der Waals surface area contributed by atoms with Gasteiger partial charge in [0.2, 0.25) is 11.8 Å². The first-order valence-corrected chi connectivity index (χ1v) is 11.7. The fourth-order valence-corrected chi connectivity index (χ4v) is 5.20. The van der Waals surface area contributed by atoms with Crippen LogP contribution in [0.1, 0.15) is 34.7 Å². The van der Waals surface area contributed by atoms with Crippen LogP contribution in [-0.2, 0) is 22.4 Å². The van der Waals surface area contributed by atoms with Crippen molar-refractivity contribution in [2.24, 2.45) is 0 Å². The van der Waals surface area contributed by atoms with Crippen LogP contribution in [-0.4, -0.2) is 41.9 Å². The zero-order valence-electron chi connectivity index (χ0n) is 18.6. The Bertz CT molecular complexity index is 1050. The molecule has 0 spiro atoms. The fourth-order valence-electron chi connectivity index (χ4n) is 5.20. The minimum Gasteiger partial charge on any atom is -0.353 e. The van der Waals surface area contributed by atoms with Crippen LogP contribution in [0.4, 0.5) is 0 Å². The fraction of sp³-hybridized carbons (Fsp3) is 0.286. The van der Waals surface area contributed by atoms with Gasteiger partial charge >= 0.3 is 0 Å². The van der Waals surface area contributed by atoms with E-state index < -0.39 is 6.04 Å². The van der Waals surface area contributed by atoms with Crippen LogP contribution in [0.5, 0.6) is 0 Å². The molecule has 168 valence electrons. The van der Waals surface area contributed by atoms with Crippen molar-refractivity contribution < 1.29 is 9.59 Å². The molecule has 1 fully saturated rings. The number of hydrogen-bond acceptors (Lipinski definition) is 3. The number of rotatable bonds is 6. The second-order valence-corrected chi connectivity index (χ2v) is 8.90. The van der Waals surface area contributed by atoms with Crippen molar-refractivity contribution in [3.63, 3.8) is 0 Å². The summed E-state index contributed by atoms with van der Waals surface area (Å²) < 4.78 is 0. The van der Waals surface area contributed by atoms with E-state index >= 15 is 0 Å². The third kappa shape index (κ3) is 4.69. The number of benzene rings is 3. The Kier molecular flexibility index (Phi) is 6.22. The Morgan fingerprint density at radius 2 is 1.42 bits per heavy atom. The average Bonchev–Trinajstić information content (AvgIpc) is 3.29. The van der Waals surface area contributed by atoms with Gasteiger partial charge in [0, 0.05) is 19.1 Å². The molecule has 5 heteroatoms. The maximum Gasteiger partial charge on any atom is 0.237 e. The van der Waals surface area contributed by atoms with Crippen LogP contribution in [0.15, 0.2) is 84.9 Å². The van der Waals surface area contributed by atoms with E-state index in [1.165, 1.54) is 11.1 Å². The quantitative estimate of drug-likeness (QED) is 0.620. The lowest BCUT2D eigenvalue weighted by atomic mass is 9.97. The van der Waals surface area contributed by atoms with Gasteiger partial charge in [-0.15, -0.1) is 0 Å². The van der Waals surface area contributed by atoms with Crippen LogP contribution in [0.3, 0.4) is 0 Å². The van der Waals surface area contributed by atoms with Gasteiger partial charge in [-0.2, -0.15) is 0 Å². The third-order valence-corrected chi connectivity index (χ3v) is 6.82. The average molecular weight is 440 g/mol. The summed E-state index contributed by atoms with van der Waals surface area (Å²) in [5.41, 5.74) is 4.75. The van der Waals surface area contributed by atoms with E-state index in [9.17, 15) is 9.59 Å². The SMILES string of the molecule is O=C(CC1C(=O)NCCN1C1Cc2ccccc2C1)NC(c1ccccc1)c1ccccc1. The van der Waals surface area contributed by atoms with Gasteiger partial charge in [0.1, 0.15) is 0 Å². The maximum absolute atomic E-state index is 13.3. The normalized spacial score (nSPS) is 18.7. The summed E-state index contributed by atoms with van der Waals surface area (Å²) in [6.07, 6.45) is 2.01. The molecule has 33 heavy (non-hydrogen) atoms. The van der Waals surface area contributed by atoms with E-state index in [0.717, 1.165) is 30.5 Å². The van der Waals surface area contributed by atoms with E-state index in [-0.39, 0.29) is 30.3 Å². The van der Waals surface area contributed by atoms with Gasteiger partial charge in [-0.3, -0.25) is 14.5 Å². The zero-order valence-corrected chi connectivity index (χ0v) is 18.6. The maximum atomic E-state index is 13.3. The van der Waals surface area contributed by atoms with Crippen LogP contribution in [0.25, 0.3) is 0 Å². The Morgan fingerprint density at radius 3 is 2.00 bits per heavy atom. The van der Waals surface area contributed by atoms with Gasteiger partial charge in [0.15, 0.2) is 0 Å². The van der Waals surface area contributed by atoms with Crippen LogP contribution in [0, 0.1) is 0 Å². The summed E-state index contributed by atoms with van der Waals surface area (Å²) in [6.45, 7) is 1.39. The first-order chi connectivity index (χ1) is 16.2. The highest BCUT2D eigenvalue weighted by molar-refractivity contribution is 5.89. The lowest BCUT2D eigenvalue weighted by Gasteiger charge is -2.39. The molecule has 3 aromatic carbocycles. The van der Waals surface area contributed by atoms with Gasteiger partial charge in [-0.1, -0.05) is 84.9 Å². The van der Waals surface area contributed by atoms with E-state index in [1.54, 1.807) is 0 Å². The molecule has 0 aromatic heterocycles. The molecule has 3 aromatic rings. The van der Waals surface area contributed by atoms with Crippen molar-refractivity contribution >= 4 is 11.8 Å². The van der Waals surface area contributed by atoms with Crippen molar-refractivity contribution in [3.05, 3.63) is 107 Å². The van der Waals surface area contributed by atoms with Crippen molar-refractivity contribution in [2.45, 2.75) is 37.4 Å². The summed E-state index contributed by atoms with van der Waals surface area (Å²) in [4.78, 5) is 28.4. The van der Waals surface area contributed by atoms with E-state index in [2.05, 4.69) is 39.8 Å². The summed E-state index contributed by atoms with van der Waals surface area (Å²) in [6, 6.07) is 28.0. The smallest absolute Gasteiger partial charge is 0.237 e. The van der Waals surface area contributed by atoms with E-state index in [4.69, 9.17) is 0 Å². The Hall–Kier alpha value is -3.44. The number of piperazine rings is 1. The molecule has 5 nitrogen and oxygen atoms in total. The Balaban J connectivity index is 1.33. The first-order valence-electron chi connectivity index (χ1n) is 11.7. The number of nitrogens with one attached hydrogen (secondary N) is 2. The van der Waals surface area contributed by atoms with Crippen LogP contribution >= 0.6 is 0 Å². The molecule has 2 amide bonds. The van der Waals surface area contributed by atoms with E-state index in [1.807, 2.05) is 60.7 Å².